The van der Waals surface area contributed by atoms with Crippen LogP contribution < -0.4 is 0 Å². The van der Waals surface area contributed by atoms with Crippen molar-refractivity contribution in [1.29, 1.82) is 0 Å². The SMILES string of the molecule is Cc1cc(S(=O)(=O)N2CCC(C)(C(=O)O)C2)c(C)cc1[N+](=O)[O-]. The number of sulfonamides is 1. The van der Waals surface area contributed by atoms with Crippen LogP contribution >= 0.6 is 0 Å². The second kappa shape index (κ2) is 5.57. The summed E-state index contributed by atoms with van der Waals surface area (Å²) < 4.78 is 26.7. The third-order valence-corrected chi connectivity index (χ3v) is 6.25. The van der Waals surface area contributed by atoms with Gasteiger partial charge < -0.3 is 5.11 Å². The van der Waals surface area contributed by atoms with Crippen molar-refractivity contribution < 1.29 is 23.2 Å². The summed E-state index contributed by atoms with van der Waals surface area (Å²) in [6.07, 6.45) is 0.229. The van der Waals surface area contributed by atoms with Gasteiger partial charge >= 0.3 is 5.97 Å². The fraction of sp³-hybridized carbons (Fsp3) is 0.500. The Morgan fingerprint density at radius 1 is 1.35 bits per heavy atom. The van der Waals surface area contributed by atoms with E-state index < -0.39 is 26.3 Å². The van der Waals surface area contributed by atoms with Crippen LogP contribution in [0.2, 0.25) is 0 Å². The zero-order valence-corrected chi connectivity index (χ0v) is 13.9. The van der Waals surface area contributed by atoms with E-state index in [0.717, 1.165) is 4.31 Å². The minimum Gasteiger partial charge on any atom is -0.481 e. The number of carbonyl (C=O) groups is 1. The average molecular weight is 342 g/mol. The van der Waals surface area contributed by atoms with Crippen molar-refractivity contribution in [2.45, 2.75) is 32.1 Å². The number of hydrogen-bond donors (Lipinski definition) is 1. The van der Waals surface area contributed by atoms with Crippen LogP contribution in [-0.2, 0) is 14.8 Å². The van der Waals surface area contributed by atoms with Gasteiger partial charge in [0.05, 0.1) is 15.2 Å². The summed E-state index contributed by atoms with van der Waals surface area (Å²) in [7, 11) is -3.89. The van der Waals surface area contributed by atoms with E-state index in [0.29, 0.717) is 0 Å². The lowest BCUT2D eigenvalue weighted by molar-refractivity contribution is -0.385. The molecule has 0 amide bonds. The third kappa shape index (κ3) is 2.93. The highest BCUT2D eigenvalue weighted by atomic mass is 32.2. The van der Waals surface area contributed by atoms with Gasteiger partial charge in [-0.15, -0.1) is 0 Å². The topological polar surface area (TPSA) is 118 Å². The summed E-state index contributed by atoms with van der Waals surface area (Å²) in [5.41, 5.74) is -0.736. The summed E-state index contributed by atoms with van der Waals surface area (Å²) in [5, 5.41) is 20.2. The van der Waals surface area contributed by atoms with Gasteiger partial charge in [-0.2, -0.15) is 4.31 Å². The molecular weight excluding hydrogens is 324 g/mol. The number of rotatable bonds is 4. The quantitative estimate of drug-likeness (QED) is 0.657. The Kier molecular flexibility index (Phi) is 4.20. The molecule has 1 heterocycles. The van der Waals surface area contributed by atoms with Gasteiger partial charge in [0.25, 0.3) is 5.69 Å². The van der Waals surface area contributed by atoms with Gasteiger partial charge in [-0.05, 0) is 38.8 Å². The Hall–Kier alpha value is -2.00. The Morgan fingerprint density at radius 3 is 2.43 bits per heavy atom. The highest BCUT2D eigenvalue weighted by Crippen LogP contribution is 2.35. The first kappa shape index (κ1) is 17.4. The zero-order valence-electron chi connectivity index (χ0n) is 13.1. The van der Waals surface area contributed by atoms with Crippen LogP contribution in [-0.4, -0.2) is 41.8 Å². The lowest BCUT2D eigenvalue weighted by Crippen LogP contribution is -2.35. The Labute approximate surface area is 133 Å². The van der Waals surface area contributed by atoms with Crippen molar-refractivity contribution in [3.63, 3.8) is 0 Å². The minimum atomic E-state index is -3.89. The highest BCUT2D eigenvalue weighted by Gasteiger charge is 2.45. The van der Waals surface area contributed by atoms with Crippen molar-refractivity contribution in [1.82, 2.24) is 4.31 Å². The van der Waals surface area contributed by atoms with E-state index in [1.54, 1.807) is 0 Å². The number of benzene rings is 1. The van der Waals surface area contributed by atoms with E-state index in [-0.39, 0.29) is 41.2 Å². The maximum Gasteiger partial charge on any atom is 0.310 e. The monoisotopic (exact) mass is 342 g/mol. The molecule has 2 rings (SSSR count). The molecule has 1 atom stereocenters. The van der Waals surface area contributed by atoms with Crippen molar-refractivity contribution in [2.24, 2.45) is 5.41 Å². The van der Waals surface area contributed by atoms with Crippen LogP contribution in [0.25, 0.3) is 0 Å². The van der Waals surface area contributed by atoms with Gasteiger partial charge in [0.2, 0.25) is 10.0 Å². The Balaban J connectivity index is 2.44. The summed E-state index contributed by atoms with van der Waals surface area (Å²) in [6, 6.07) is 2.51. The van der Waals surface area contributed by atoms with Gasteiger partial charge in [-0.3, -0.25) is 14.9 Å². The predicted molar refractivity (Wildman–Crippen MR) is 81.7 cm³/mol. The lowest BCUT2D eigenvalue weighted by atomic mass is 9.90. The molecule has 1 unspecified atom stereocenters. The summed E-state index contributed by atoms with van der Waals surface area (Å²) in [6.45, 7) is 4.48. The number of nitro benzene ring substituents is 1. The van der Waals surface area contributed by atoms with Gasteiger partial charge in [0, 0.05) is 24.7 Å². The number of nitrogens with zero attached hydrogens (tertiary/aromatic N) is 2. The van der Waals surface area contributed by atoms with Crippen LogP contribution in [0.5, 0.6) is 0 Å². The standard InChI is InChI=1S/C14H18N2O6S/c1-9-7-12(10(2)6-11(9)16(19)20)23(21,22)15-5-4-14(3,8-15)13(17)18/h6-7H,4-5,8H2,1-3H3,(H,17,18). The molecule has 0 bridgehead atoms. The molecule has 1 aromatic carbocycles. The number of carboxylic acids is 1. The van der Waals surface area contributed by atoms with E-state index in [1.807, 2.05) is 0 Å². The highest BCUT2D eigenvalue weighted by molar-refractivity contribution is 7.89. The smallest absolute Gasteiger partial charge is 0.310 e. The van der Waals surface area contributed by atoms with E-state index in [1.165, 1.54) is 32.9 Å². The molecule has 23 heavy (non-hydrogen) atoms. The summed E-state index contributed by atoms with van der Waals surface area (Å²) in [4.78, 5) is 21.6. The number of aliphatic carboxylic acids is 1. The molecule has 1 saturated heterocycles. The van der Waals surface area contributed by atoms with Gasteiger partial charge in [-0.1, -0.05) is 0 Å². The molecule has 1 aromatic rings. The number of aryl methyl sites for hydroxylation is 2. The molecule has 1 fully saturated rings. The first-order valence-corrected chi connectivity index (χ1v) is 8.42. The van der Waals surface area contributed by atoms with Gasteiger partial charge in [-0.25, -0.2) is 8.42 Å². The maximum absolute atomic E-state index is 12.8. The van der Waals surface area contributed by atoms with Crippen molar-refractivity contribution in [3.8, 4) is 0 Å². The fourth-order valence-electron chi connectivity index (χ4n) is 2.69. The average Bonchev–Trinajstić information content (AvgIpc) is 2.85. The van der Waals surface area contributed by atoms with E-state index in [9.17, 15) is 28.4 Å². The van der Waals surface area contributed by atoms with Crippen LogP contribution in [0.3, 0.4) is 0 Å². The van der Waals surface area contributed by atoms with Crippen LogP contribution in [0.15, 0.2) is 17.0 Å². The van der Waals surface area contributed by atoms with Gasteiger partial charge in [0.1, 0.15) is 0 Å². The summed E-state index contributed by atoms with van der Waals surface area (Å²) in [5.74, 6) is -1.04. The van der Waals surface area contributed by atoms with E-state index in [2.05, 4.69) is 0 Å². The fourth-order valence-corrected chi connectivity index (χ4v) is 4.54. The molecule has 0 saturated carbocycles. The zero-order chi connectivity index (χ0) is 17.6. The number of nitro groups is 1. The molecule has 0 aliphatic carbocycles. The molecule has 9 heteroatoms. The molecule has 1 N–H and O–H groups in total. The second-order valence-corrected chi connectivity index (χ2v) is 8.02. The van der Waals surface area contributed by atoms with Crippen LogP contribution in [0.4, 0.5) is 5.69 Å². The van der Waals surface area contributed by atoms with Crippen molar-refractivity contribution in [3.05, 3.63) is 33.4 Å². The Bertz CT molecular complexity index is 789. The van der Waals surface area contributed by atoms with Crippen molar-refractivity contribution in [2.75, 3.05) is 13.1 Å². The molecular formula is C14H18N2O6S. The normalized spacial score (nSPS) is 22.2. The molecule has 0 spiro atoms. The molecule has 1 aliphatic rings. The first-order valence-electron chi connectivity index (χ1n) is 6.98. The lowest BCUT2D eigenvalue weighted by Gasteiger charge is -2.21. The Morgan fingerprint density at radius 2 is 1.96 bits per heavy atom. The number of carboxylic acid groups (broad SMARTS) is 1. The van der Waals surface area contributed by atoms with E-state index in [4.69, 9.17) is 0 Å². The van der Waals surface area contributed by atoms with Crippen LogP contribution in [0, 0.1) is 29.4 Å². The minimum absolute atomic E-state index is 0.0183. The van der Waals surface area contributed by atoms with Crippen molar-refractivity contribution >= 4 is 21.7 Å². The molecule has 8 nitrogen and oxygen atoms in total. The maximum atomic E-state index is 12.8. The molecule has 1 aliphatic heterocycles. The number of hydrogen-bond acceptors (Lipinski definition) is 5. The third-order valence-electron chi connectivity index (χ3n) is 4.26. The predicted octanol–water partition coefficient (Wildman–Crippen LogP) is 1.70. The van der Waals surface area contributed by atoms with Gasteiger partial charge in [0.15, 0.2) is 0 Å². The van der Waals surface area contributed by atoms with E-state index >= 15 is 0 Å². The molecule has 126 valence electrons. The second-order valence-electron chi connectivity index (χ2n) is 6.12. The molecule has 0 radical (unpaired) electrons. The van der Waals surface area contributed by atoms with Crippen LogP contribution in [0.1, 0.15) is 24.5 Å². The first-order chi connectivity index (χ1) is 10.5. The largest absolute Gasteiger partial charge is 0.481 e. The summed E-state index contributed by atoms with van der Waals surface area (Å²) >= 11 is 0. The molecule has 0 aromatic heterocycles.